The fourth-order valence-electron chi connectivity index (χ4n) is 9.85. The highest BCUT2D eigenvalue weighted by molar-refractivity contribution is 5.77. The van der Waals surface area contributed by atoms with Crippen LogP contribution in [0.4, 0.5) is 0 Å². The van der Waals surface area contributed by atoms with E-state index in [0.29, 0.717) is 23.8 Å². The molecule has 6 rings (SSSR count). The highest BCUT2D eigenvalue weighted by Crippen LogP contribution is 2.65. The van der Waals surface area contributed by atoms with E-state index in [0.717, 1.165) is 82.1 Å². The molecule has 2 aliphatic carbocycles. The summed E-state index contributed by atoms with van der Waals surface area (Å²) in [6, 6.07) is 12.5. The molecule has 2 fully saturated rings. The molecule has 7 nitrogen and oxygen atoms in total. The Morgan fingerprint density at radius 2 is 1.80 bits per heavy atom. The van der Waals surface area contributed by atoms with Gasteiger partial charge in [-0.2, -0.15) is 0 Å². The van der Waals surface area contributed by atoms with Crippen LogP contribution in [0.3, 0.4) is 0 Å². The zero-order valence-electron chi connectivity index (χ0n) is 30.0. The molecule has 0 unspecified atom stereocenters. The number of carbonyl (C=O) groups is 2. The Morgan fingerprint density at radius 1 is 1.06 bits per heavy atom. The van der Waals surface area contributed by atoms with E-state index in [1.165, 1.54) is 57.4 Å². The maximum absolute atomic E-state index is 14.1. The Hall–Kier alpha value is -3.32. The number of phenols is 1. The molecule has 1 saturated heterocycles. The minimum atomic E-state index is -0.433. The molecule has 1 N–H and O–H groups in total. The molecule has 2 bridgehead atoms. The fourth-order valence-corrected chi connectivity index (χ4v) is 9.85. The third kappa shape index (κ3) is 7.29. The minimum absolute atomic E-state index is 0.0524. The van der Waals surface area contributed by atoms with Crippen LogP contribution in [0.15, 0.2) is 49.1 Å². The van der Waals surface area contributed by atoms with Gasteiger partial charge in [-0.05, 0) is 69.4 Å². The quantitative estimate of drug-likeness (QED) is 0.0744. The number of likely N-dealkylation sites (tertiary alicyclic amines) is 1. The number of hydrogen-bond donors (Lipinski definition) is 1. The number of hydrogen-bond acceptors (Lipinski definition) is 6. The second kappa shape index (κ2) is 16.1. The lowest BCUT2D eigenvalue weighted by atomic mass is 9.50. The number of aryl methyl sites for hydroxylation is 1. The van der Waals surface area contributed by atoms with Crippen molar-refractivity contribution in [3.8, 4) is 17.2 Å². The lowest BCUT2D eigenvalue weighted by molar-refractivity contribution is -0.142. The van der Waals surface area contributed by atoms with E-state index >= 15 is 0 Å². The smallest absolute Gasteiger partial charge is 0.308 e. The van der Waals surface area contributed by atoms with Crippen molar-refractivity contribution < 1.29 is 24.2 Å². The summed E-state index contributed by atoms with van der Waals surface area (Å²) in [5.74, 6) is 1.24. The Morgan fingerprint density at radius 3 is 2.51 bits per heavy atom. The van der Waals surface area contributed by atoms with Crippen molar-refractivity contribution in [1.82, 2.24) is 9.80 Å². The van der Waals surface area contributed by atoms with Crippen LogP contribution in [0.2, 0.25) is 0 Å². The van der Waals surface area contributed by atoms with Crippen molar-refractivity contribution >= 4 is 11.9 Å². The van der Waals surface area contributed by atoms with Crippen LogP contribution in [0.25, 0.3) is 0 Å². The van der Waals surface area contributed by atoms with E-state index in [1.54, 1.807) is 6.07 Å². The molecule has 7 heteroatoms. The van der Waals surface area contributed by atoms with Crippen LogP contribution in [-0.4, -0.2) is 64.6 Å². The molecule has 1 saturated carbocycles. The molecule has 2 aromatic carbocycles. The Labute approximate surface area is 294 Å². The van der Waals surface area contributed by atoms with Gasteiger partial charge in [0.05, 0.1) is 6.04 Å². The third-order valence-electron chi connectivity index (χ3n) is 12.0. The van der Waals surface area contributed by atoms with Crippen molar-refractivity contribution in [2.75, 3.05) is 19.6 Å². The Balaban J connectivity index is 1.11. The van der Waals surface area contributed by atoms with Crippen molar-refractivity contribution in [3.05, 3.63) is 65.7 Å². The lowest BCUT2D eigenvalue weighted by Gasteiger charge is -2.60. The van der Waals surface area contributed by atoms with Crippen LogP contribution >= 0.6 is 0 Å². The Bertz CT molecular complexity index is 1460. The van der Waals surface area contributed by atoms with Gasteiger partial charge in [0.15, 0.2) is 11.5 Å². The van der Waals surface area contributed by atoms with Gasteiger partial charge in [-0.25, -0.2) is 0 Å². The van der Waals surface area contributed by atoms with Crippen LogP contribution in [0.1, 0.15) is 120 Å². The van der Waals surface area contributed by atoms with Crippen LogP contribution in [-0.2, 0) is 27.8 Å². The minimum Gasteiger partial charge on any atom is -0.508 e. The first-order valence-electron chi connectivity index (χ1n) is 19.3. The van der Waals surface area contributed by atoms with Gasteiger partial charge in [-0.15, -0.1) is 6.58 Å². The molecular weight excluding hydrogens is 612 g/mol. The highest BCUT2D eigenvalue weighted by Gasteiger charge is 2.67. The van der Waals surface area contributed by atoms with Crippen molar-refractivity contribution in [2.24, 2.45) is 5.92 Å². The molecule has 5 atom stereocenters. The SMILES string of the molecule is C=CCN1CC[C@]23c4c5c(O)cc(OC(C)=O)c4O[C@H]2[C@H](N(CCCC)C(=O)CCCCCCCCCCc2ccccc2)CC[C@H]3[C@H]1C5. The number of rotatable bonds is 18. The van der Waals surface area contributed by atoms with E-state index in [4.69, 9.17) is 9.47 Å². The van der Waals surface area contributed by atoms with Crippen molar-refractivity contribution in [2.45, 2.75) is 140 Å². The molecule has 266 valence electrons. The second-order valence-electron chi connectivity index (χ2n) is 15.1. The van der Waals surface area contributed by atoms with E-state index in [-0.39, 0.29) is 35.3 Å². The fraction of sp³-hybridized carbons (Fsp3) is 0.619. The third-order valence-corrected chi connectivity index (χ3v) is 12.0. The zero-order valence-corrected chi connectivity index (χ0v) is 30.0. The van der Waals surface area contributed by atoms with Gasteiger partial charge >= 0.3 is 5.97 Å². The standard InChI is InChI=1S/C42H58N2O5/c1-4-6-26-44(38(47)21-17-12-10-8-7-9-11-14-18-31-19-15-13-16-20-31)34-23-22-33-35-28-32-36(46)29-37(48-30(3)45)40-39(32)42(33,41(34)49-40)24-27-43(35)25-5-2/h5,13,15-16,19-20,29,33-35,41,46H,2,4,6-12,14,17-18,21-28H2,1,3H3/t33-,34+,35+,41-,42-/m0/s1. The van der Waals surface area contributed by atoms with Gasteiger partial charge in [-0.1, -0.05) is 88.3 Å². The maximum Gasteiger partial charge on any atom is 0.308 e. The van der Waals surface area contributed by atoms with Gasteiger partial charge in [0.1, 0.15) is 11.9 Å². The molecule has 2 heterocycles. The normalized spacial score (nSPS) is 24.9. The number of amides is 1. The average molecular weight is 671 g/mol. The highest BCUT2D eigenvalue weighted by atomic mass is 16.6. The number of phenolic OH excluding ortho intramolecular Hbond substituents is 1. The van der Waals surface area contributed by atoms with Gasteiger partial charge in [0, 0.05) is 55.1 Å². The maximum atomic E-state index is 14.1. The number of piperidine rings is 1. The summed E-state index contributed by atoms with van der Waals surface area (Å²) in [5.41, 5.74) is 3.07. The molecule has 2 aromatic rings. The average Bonchev–Trinajstić information content (AvgIpc) is 3.44. The number of carbonyl (C=O) groups excluding carboxylic acids is 2. The monoisotopic (exact) mass is 670 g/mol. The summed E-state index contributed by atoms with van der Waals surface area (Å²) in [4.78, 5) is 31.0. The Kier molecular flexibility index (Phi) is 11.7. The number of esters is 1. The molecule has 1 spiro atoms. The number of aromatic hydroxyl groups is 1. The second-order valence-corrected chi connectivity index (χ2v) is 15.1. The van der Waals surface area contributed by atoms with E-state index in [2.05, 4.69) is 53.6 Å². The topological polar surface area (TPSA) is 79.3 Å². The summed E-state index contributed by atoms with van der Waals surface area (Å²) in [6.07, 6.45) is 18.5. The predicted molar refractivity (Wildman–Crippen MR) is 194 cm³/mol. The van der Waals surface area contributed by atoms with Gasteiger partial charge in [-0.3, -0.25) is 14.5 Å². The summed E-state index contributed by atoms with van der Waals surface area (Å²) in [6.45, 7) is 10.1. The molecule has 0 radical (unpaired) electrons. The summed E-state index contributed by atoms with van der Waals surface area (Å²) >= 11 is 0. The number of nitrogens with zero attached hydrogens (tertiary/aromatic N) is 2. The van der Waals surface area contributed by atoms with Gasteiger partial charge in [0.25, 0.3) is 0 Å². The summed E-state index contributed by atoms with van der Waals surface area (Å²) in [7, 11) is 0. The van der Waals surface area contributed by atoms with Crippen molar-refractivity contribution in [3.63, 3.8) is 0 Å². The number of benzene rings is 2. The molecule has 49 heavy (non-hydrogen) atoms. The van der Waals surface area contributed by atoms with Gasteiger partial charge < -0.3 is 19.5 Å². The first kappa shape index (κ1) is 35.5. The summed E-state index contributed by atoms with van der Waals surface area (Å²) < 4.78 is 12.6. The van der Waals surface area contributed by atoms with E-state index in [1.807, 2.05) is 6.08 Å². The van der Waals surface area contributed by atoms with Gasteiger partial charge in [0.2, 0.25) is 5.91 Å². The number of ether oxygens (including phenoxy) is 2. The molecule has 4 aliphatic rings. The van der Waals surface area contributed by atoms with Crippen LogP contribution in [0.5, 0.6) is 17.2 Å². The zero-order chi connectivity index (χ0) is 34.4. The molecule has 1 amide bonds. The van der Waals surface area contributed by atoms with Crippen LogP contribution < -0.4 is 9.47 Å². The number of unbranched alkanes of at least 4 members (excludes halogenated alkanes) is 8. The van der Waals surface area contributed by atoms with E-state index in [9.17, 15) is 14.7 Å². The van der Waals surface area contributed by atoms with Crippen molar-refractivity contribution in [1.29, 1.82) is 0 Å². The van der Waals surface area contributed by atoms with Crippen LogP contribution in [0, 0.1) is 5.92 Å². The molecular formula is C42H58N2O5. The van der Waals surface area contributed by atoms with E-state index < -0.39 is 5.97 Å². The lowest BCUT2D eigenvalue weighted by Crippen LogP contribution is -2.69. The summed E-state index contributed by atoms with van der Waals surface area (Å²) in [5, 5.41) is 11.3. The first-order valence-corrected chi connectivity index (χ1v) is 19.3. The first-order chi connectivity index (χ1) is 23.9. The molecule has 0 aromatic heterocycles. The predicted octanol–water partition coefficient (Wildman–Crippen LogP) is 8.29. The molecule has 2 aliphatic heterocycles. The largest absolute Gasteiger partial charge is 0.508 e.